The molecule has 0 bridgehead atoms. The van der Waals surface area contributed by atoms with Crippen LogP contribution in [0.3, 0.4) is 0 Å². The molecule has 2 aromatic carbocycles. The Morgan fingerprint density at radius 3 is 2.84 bits per heavy atom. The van der Waals surface area contributed by atoms with E-state index in [0.717, 1.165) is 31.5 Å². The van der Waals surface area contributed by atoms with Crippen LogP contribution in [0, 0.1) is 12.8 Å². The number of para-hydroxylation sites is 1. The average molecular weight is 472 g/mol. The molecular weight excluding hydrogens is 446 g/mol. The predicted molar refractivity (Wildman–Crippen MR) is 129 cm³/mol. The van der Waals surface area contributed by atoms with Gasteiger partial charge in [0.15, 0.2) is 5.16 Å². The van der Waals surface area contributed by atoms with Gasteiger partial charge in [0, 0.05) is 24.2 Å². The van der Waals surface area contributed by atoms with Crippen LogP contribution in [0.4, 0.5) is 0 Å². The zero-order valence-corrected chi connectivity index (χ0v) is 20.0. The number of hydrogen-bond donors (Lipinski definition) is 0. The Bertz CT molecular complexity index is 1230. The van der Waals surface area contributed by atoms with E-state index in [-0.39, 0.29) is 17.2 Å². The van der Waals surface area contributed by atoms with Crippen molar-refractivity contribution in [3.8, 4) is 11.4 Å². The van der Waals surface area contributed by atoms with Crippen molar-refractivity contribution in [2.24, 2.45) is 5.92 Å². The zero-order valence-electron chi connectivity index (χ0n) is 18.4. The quantitative estimate of drug-likeness (QED) is 0.398. The van der Waals surface area contributed by atoms with Gasteiger partial charge in [0.25, 0.3) is 5.56 Å². The number of thioether (sulfide) groups is 1. The Balaban J connectivity index is 1.78. The van der Waals surface area contributed by atoms with E-state index in [2.05, 4.69) is 6.92 Å². The number of hydrogen-bond acceptors (Lipinski definition) is 5. The van der Waals surface area contributed by atoms with E-state index < -0.39 is 0 Å². The van der Waals surface area contributed by atoms with Crippen LogP contribution in [0.5, 0.6) is 5.75 Å². The van der Waals surface area contributed by atoms with Gasteiger partial charge in [-0.25, -0.2) is 4.98 Å². The summed E-state index contributed by atoms with van der Waals surface area (Å²) >= 11 is 7.56. The number of benzene rings is 2. The largest absolute Gasteiger partial charge is 0.495 e. The lowest BCUT2D eigenvalue weighted by atomic mass is 10.0. The van der Waals surface area contributed by atoms with Crippen LogP contribution in [0.25, 0.3) is 16.6 Å². The predicted octanol–water partition coefficient (Wildman–Crippen LogP) is 4.71. The number of carbonyl (C=O) groups is 1. The smallest absolute Gasteiger partial charge is 0.266 e. The number of halogens is 1. The molecule has 1 saturated heterocycles. The zero-order chi connectivity index (χ0) is 22.8. The SMILES string of the molecule is COc1cc(Cl)c(C)cc1-n1c(SCC(=O)N2CCCC(C)C2)nc2ccccc2c1=O. The fraction of sp³-hybridized carbons (Fsp3) is 0.375. The lowest BCUT2D eigenvalue weighted by molar-refractivity contribution is -0.130. The van der Waals surface area contributed by atoms with Gasteiger partial charge in [0.05, 0.1) is 29.5 Å². The molecule has 1 aliphatic rings. The summed E-state index contributed by atoms with van der Waals surface area (Å²) < 4.78 is 7.06. The number of amides is 1. The van der Waals surface area contributed by atoms with Crippen molar-refractivity contribution < 1.29 is 9.53 Å². The molecule has 1 fully saturated rings. The highest BCUT2D eigenvalue weighted by molar-refractivity contribution is 7.99. The summed E-state index contributed by atoms with van der Waals surface area (Å²) in [6.07, 6.45) is 2.18. The molecule has 0 N–H and O–H groups in total. The Labute approximate surface area is 196 Å². The Kier molecular flexibility index (Phi) is 6.76. The summed E-state index contributed by atoms with van der Waals surface area (Å²) in [5.74, 6) is 1.26. The first-order chi connectivity index (χ1) is 15.4. The number of rotatable bonds is 5. The molecule has 4 rings (SSSR count). The van der Waals surface area contributed by atoms with Crippen molar-refractivity contribution in [3.63, 3.8) is 0 Å². The molecule has 1 aliphatic heterocycles. The Morgan fingerprint density at radius 2 is 2.09 bits per heavy atom. The van der Waals surface area contributed by atoms with Gasteiger partial charge in [-0.05, 0) is 49.4 Å². The fourth-order valence-corrected chi connectivity index (χ4v) is 5.10. The van der Waals surface area contributed by atoms with E-state index in [9.17, 15) is 9.59 Å². The lowest BCUT2D eigenvalue weighted by Crippen LogP contribution is -2.40. The minimum absolute atomic E-state index is 0.0646. The van der Waals surface area contributed by atoms with Gasteiger partial charge < -0.3 is 9.64 Å². The monoisotopic (exact) mass is 471 g/mol. The topological polar surface area (TPSA) is 64.4 Å². The molecule has 168 valence electrons. The molecule has 1 atom stereocenters. The van der Waals surface area contributed by atoms with Crippen LogP contribution in [-0.2, 0) is 4.79 Å². The van der Waals surface area contributed by atoms with Gasteiger partial charge in [0.1, 0.15) is 5.75 Å². The summed E-state index contributed by atoms with van der Waals surface area (Å²) in [6, 6.07) is 10.7. The summed E-state index contributed by atoms with van der Waals surface area (Å²) in [5.41, 5.74) is 1.76. The first-order valence-electron chi connectivity index (χ1n) is 10.7. The highest BCUT2D eigenvalue weighted by Gasteiger charge is 2.23. The molecule has 8 heteroatoms. The molecule has 3 aromatic rings. The van der Waals surface area contributed by atoms with Gasteiger partial charge in [-0.1, -0.05) is 42.4 Å². The highest BCUT2D eigenvalue weighted by atomic mass is 35.5. The molecule has 32 heavy (non-hydrogen) atoms. The van der Waals surface area contributed by atoms with Gasteiger partial charge in [-0.2, -0.15) is 0 Å². The fourth-order valence-electron chi connectivity index (χ4n) is 4.04. The van der Waals surface area contributed by atoms with E-state index in [1.165, 1.54) is 23.4 Å². The van der Waals surface area contributed by atoms with Crippen LogP contribution in [-0.4, -0.2) is 46.3 Å². The molecule has 1 unspecified atom stereocenters. The normalized spacial score (nSPS) is 16.4. The minimum Gasteiger partial charge on any atom is -0.495 e. The van der Waals surface area contributed by atoms with Crippen molar-refractivity contribution in [2.45, 2.75) is 31.8 Å². The van der Waals surface area contributed by atoms with Gasteiger partial charge in [-0.3, -0.25) is 14.2 Å². The molecule has 0 saturated carbocycles. The summed E-state index contributed by atoms with van der Waals surface area (Å²) in [6.45, 7) is 5.61. The van der Waals surface area contributed by atoms with Gasteiger partial charge in [-0.15, -0.1) is 0 Å². The standard InChI is InChI=1S/C24H26ClN3O3S/c1-15-7-6-10-27(13-15)22(29)14-32-24-26-19-9-5-4-8-17(19)23(30)28(24)20-11-16(2)18(25)12-21(20)31-3/h4-5,8-9,11-12,15H,6-7,10,13-14H2,1-3H3. The van der Waals surface area contributed by atoms with Gasteiger partial charge >= 0.3 is 0 Å². The van der Waals surface area contributed by atoms with Crippen LogP contribution in [0.2, 0.25) is 5.02 Å². The van der Waals surface area contributed by atoms with E-state index in [1.807, 2.05) is 36.1 Å². The van der Waals surface area contributed by atoms with Crippen LogP contribution in [0.15, 0.2) is 46.3 Å². The van der Waals surface area contributed by atoms with Crippen LogP contribution < -0.4 is 10.3 Å². The van der Waals surface area contributed by atoms with Crippen molar-refractivity contribution in [3.05, 3.63) is 57.3 Å². The molecule has 0 spiro atoms. The molecular formula is C24H26ClN3O3S. The van der Waals surface area contributed by atoms with Crippen molar-refractivity contribution in [1.82, 2.24) is 14.5 Å². The second-order valence-corrected chi connectivity index (χ2v) is 9.55. The number of fused-ring (bicyclic) bond motifs is 1. The molecule has 0 aliphatic carbocycles. The third kappa shape index (κ3) is 4.50. The van der Waals surface area contributed by atoms with Crippen LogP contribution >= 0.6 is 23.4 Å². The van der Waals surface area contributed by atoms with E-state index in [1.54, 1.807) is 12.1 Å². The third-order valence-electron chi connectivity index (χ3n) is 5.78. The van der Waals surface area contributed by atoms with Crippen molar-refractivity contribution in [1.29, 1.82) is 0 Å². The molecule has 6 nitrogen and oxygen atoms in total. The maximum Gasteiger partial charge on any atom is 0.266 e. The van der Waals surface area contributed by atoms with Crippen molar-refractivity contribution >= 4 is 40.2 Å². The number of nitrogens with zero attached hydrogens (tertiary/aromatic N) is 3. The minimum atomic E-state index is -0.211. The van der Waals surface area contributed by atoms with Crippen molar-refractivity contribution in [2.75, 3.05) is 26.0 Å². The molecule has 0 radical (unpaired) electrons. The third-order valence-corrected chi connectivity index (χ3v) is 7.11. The number of aryl methyl sites for hydroxylation is 1. The highest BCUT2D eigenvalue weighted by Crippen LogP contribution is 2.32. The second-order valence-electron chi connectivity index (χ2n) is 8.20. The maximum absolute atomic E-state index is 13.5. The van der Waals surface area contributed by atoms with Gasteiger partial charge in [0.2, 0.25) is 5.91 Å². The van der Waals surface area contributed by atoms with E-state index >= 15 is 0 Å². The van der Waals surface area contributed by atoms with Crippen LogP contribution in [0.1, 0.15) is 25.3 Å². The summed E-state index contributed by atoms with van der Waals surface area (Å²) in [5, 5.41) is 1.51. The maximum atomic E-state index is 13.5. The second kappa shape index (κ2) is 9.55. The van der Waals surface area contributed by atoms with E-state index in [0.29, 0.717) is 38.4 Å². The number of likely N-dealkylation sites (tertiary alicyclic amines) is 1. The first kappa shape index (κ1) is 22.7. The number of ether oxygens (including phenoxy) is 1. The molecule has 1 amide bonds. The average Bonchev–Trinajstić information content (AvgIpc) is 2.79. The number of aromatic nitrogens is 2. The number of piperidine rings is 1. The van der Waals surface area contributed by atoms with E-state index in [4.69, 9.17) is 21.3 Å². The summed E-state index contributed by atoms with van der Waals surface area (Å²) in [7, 11) is 1.54. The lowest BCUT2D eigenvalue weighted by Gasteiger charge is -2.30. The first-order valence-corrected chi connectivity index (χ1v) is 12.0. The summed E-state index contributed by atoms with van der Waals surface area (Å²) in [4.78, 5) is 33.1. The number of carbonyl (C=O) groups excluding carboxylic acids is 1. The Hall–Kier alpha value is -2.51. The molecule has 1 aromatic heterocycles. The number of methoxy groups -OCH3 is 1. The Morgan fingerprint density at radius 1 is 1.31 bits per heavy atom. The molecule has 2 heterocycles.